The predicted molar refractivity (Wildman–Crippen MR) is 173 cm³/mol. The Morgan fingerprint density at radius 2 is 1.85 bits per heavy atom. The van der Waals surface area contributed by atoms with Crippen LogP contribution in [0.25, 0.3) is 27.7 Å². The molecule has 2 aliphatic rings. The molecular weight excluding hydrogens is 625 g/mol. The Kier molecular flexibility index (Phi) is 7.90. The molecule has 48 heavy (non-hydrogen) atoms. The highest BCUT2D eigenvalue weighted by molar-refractivity contribution is 5.84. The molecule has 2 atom stereocenters. The summed E-state index contributed by atoms with van der Waals surface area (Å²) in [7, 11) is 0. The number of anilines is 2. The number of fused-ring (bicyclic) bond motifs is 1. The van der Waals surface area contributed by atoms with E-state index in [-0.39, 0.29) is 28.5 Å². The highest BCUT2D eigenvalue weighted by Gasteiger charge is 2.46. The number of nitrogens with two attached hydrogens (primary N) is 1. The second-order valence-electron chi connectivity index (χ2n) is 12.5. The molecule has 7 rings (SSSR count). The van der Waals surface area contributed by atoms with Gasteiger partial charge in [0.25, 0.3) is 0 Å². The van der Waals surface area contributed by atoms with Gasteiger partial charge in [0.1, 0.15) is 11.9 Å². The molecule has 1 spiro atoms. The van der Waals surface area contributed by atoms with Crippen molar-refractivity contribution in [2.45, 2.75) is 44.5 Å². The topological polar surface area (TPSA) is 144 Å². The van der Waals surface area contributed by atoms with E-state index >= 15 is 0 Å². The van der Waals surface area contributed by atoms with Crippen LogP contribution in [0, 0.1) is 12.3 Å². The fourth-order valence-electron chi connectivity index (χ4n) is 6.71. The Bertz CT molecular complexity index is 1990. The molecular formula is C34H33F3N8O3. The van der Waals surface area contributed by atoms with Gasteiger partial charge in [0, 0.05) is 49.0 Å². The molecule has 0 bridgehead atoms. The molecule has 14 heteroatoms. The summed E-state index contributed by atoms with van der Waals surface area (Å²) in [5, 5.41) is 17.8. The number of halogens is 3. The number of aliphatic carboxylic acids is 1. The molecule has 2 aliphatic heterocycles. The first-order chi connectivity index (χ1) is 23.0. The van der Waals surface area contributed by atoms with Crippen LogP contribution in [0.5, 0.6) is 5.88 Å². The van der Waals surface area contributed by atoms with E-state index in [0.29, 0.717) is 56.0 Å². The van der Waals surface area contributed by atoms with E-state index in [9.17, 15) is 23.1 Å². The Labute approximate surface area is 273 Å². The number of pyridine rings is 1. The summed E-state index contributed by atoms with van der Waals surface area (Å²) in [5.41, 5.74) is 8.82. The van der Waals surface area contributed by atoms with Crippen LogP contribution < -0.4 is 20.7 Å². The van der Waals surface area contributed by atoms with Gasteiger partial charge in [0.05, 0.1) is 16.9 Å². The average Bonchev–Trinajstić information content (AvgIpc) is 3.69. The third-order valence-electron chi connectivity index (χ3n) is 9.27. The summed E-state index contributed by atoms with van der Waals surface area (Å²) in [6.45, 7) is 3.42. The van der Waals surface area contributed by atoms with Crippen molar-refractivity contribution >= 4 is 28.6 Å². The highest BCUT2D eigenvalue weighted by atomic mass is 19.4. The number of nitrogens with zero attached hydrogens (tertiary/aromatic N) is 6. The van der Waals surface area contributed by atoms with Gasteiger partial charge in [0.2, 0.25) is 17.9 Å². The molecule has 11 nitrogen and oxygen atoms in total. The summed E-state index contributed by atoms with van der Waals surface area (Å²) < 4.78 is 51.8. The van der Waals surface area contributed by atoms with Crippen LogP contribution in [0.1, 0.15) is 36.6 Å². The lowest BCUT2D eigenvalue weighted by atomic mass is 9.76. The van der Waals surface area contributed by atoms with E-state index in [1.807, 2.05) is 35.2 Å². The van der Waals surface area contributed by atoms with Crippen molar-refractivity contribution in [3.63, 3.8) is 0 Å². The van der Waals surface area contributed by atoms with E-state index in [2.05, 4.69) is 25.4 Å². The third kappa shape index (κ3) is 6.22. The number of benzene rings is 2. The number of rotatable bonds is 7. The minimum absolute atomic E-state index is 0.155. The molecule has 4 N–H and O–H groups in total. The molecule has 5 aromatic rings. The number of carboxylic acids is 1. The summed E-state index contributed by atoms with van der Waals surface area (Å²) in [4.78, 5) is 26.1. The third-order valence-corrected chi connectivity index (χ3v) is 9.27. The zero-order valence-corrected chi connectivity index (χ0v) is 26.0. The van der Waals surface area contributed by atoms with Crippen molar-refractivity contribution < 1.29 is 27.8 Å². The lowest BCUT2D eigenvalue weighted by molar-refractivity contribution is -0.198. The first kappa shape index (κ1) is 31.4. The normalized spacial score (nSPS) is 18.3. The molecule has 2 aromatic carbocycles. The molecule has 2 saturated heterocycles. The number of piperidine rings is 1. The number of hydrogen-bond acceptors (Lipinski definition) is 9. The van der Waals surface area contributed by atoms with Crippen molar-refractivity contribution in [2.75, 3.05) is 30.3 Å². The maximum Gasteiger partial charge on any atom is 0.429 e. The predicted octanol–water partition coefficient (Wildman–Crippen LogP) is 5.48. The van der Waals surface area contributed by atoms with Gasteiger partial charge in [-0.05, 0) is 73.1 Å². The molecule has 0 radical (unpaired) electrons. The zero-order chi connectivity index (χ0) is 33.6. The Morgan fingerprint density at radius 1 is 1.08 bits per heavy atom. The Hall–Kier alpha value is -5.24. The van der Waals surface area contributed by atoms with Crippen LogP contribution in [0.15, 0.2) is 73.1 Å². The minimum atomic E-state index is -4.83. The van der Waals surface area contributed by atoms with Gasteiger partial charge in [-0.2, -0.15) is 28.2 Å². The second-order valence-corrected chi connectivity index (χ2v) is 12.5. The first-order valence-electron chi connectivity index (χ1n) is 15.6. The summed E-state index contributed by atoms with van der Waals surface area (Å²) >= 11 is 0. The number of carbonyl (C=O) groups is 1. The van der Waals surface area contributed by atoms with Crippen molar-refractivity contribution in [3.05, 3.63) is 84.3 Å². The number of ether oxygens (including phenoxy) is 1. The summed E-state index contributed by atoms with van der Waals surface area (Å²) in [6.07, 6.45) is -2.01. The molecule has 0 aliphatic carbocycles. The van der Waals surface area contributed by atoms with Crippen LogP contribution in [-0.2, 0) is 4.79 Å². The number of alkyl halides is 3. The number of nitrogen functional groups attached to an aromatic ring is 1. The van der Waals surface area contributed by atoms with Gasteiger partial charge in [-0.1, -0.05) is 24.3 Å². The Balaban J connectivity index is 1.20. The highest BCUT2D eigenvalue weighted by Crippen LogP contribution is 2.43. The lowest BCUT2D eigenvalue weighted by Gasteiger charge is -2.39. The van der Waals surface area contributed by atoms with Gasteiger partial charge in [-0.3, -0.25) is 9.78 Å². The quantitative estimate of drug-likeness (QED) is 0.206. The summed E-state index contributed by atoms with van der Waals surface area (Å²) in [5.74, 6) is -1.06. The molecule has 5 heterocycles. The molecule has 0 saturated carbocycles. The minimum Gasteiger partial charge on any atom is -0.480 e. The van der Waals surface area contributed by atoms with Crippen molar-refractivity contribution in [2.24, 2.45) is 5.41 Å². The van der Waals surface area contributed by atoms with Crippen LogP contribution in [0.2, 0.25) is 0 Å². The summed E-state index contributed by atoms with van der Waals surface area (Å²) in [6, 6.07) is 16.6. The molecule has 1 unspecified atom stereocenters. The van der Waals surface area contributed by atoms with Gasteiger partial charge < -0.3 is 25.8 Å². The fourth-order valence-corrected chi connectivity index (χ4v) is 6.71. The molecule has 3 aromatic heterocycles. The maximum absolute atomic E-state index is 14.9. The van der Waals surface area contributed by atoms with Crippen molar-refractivity contribution in [1.29, 1.82) is 0 Å². The standard InChI is InChI=1S/C34H33F3N8O3/c1-20-8-12-45(43-20)27-16-22(21-5-7-25-23(15-21)3-2-11-39-25)4-6-24(27)30(34(35,36)37)48-29-17-28(41-32(38)42-29)44-13-9-33(10-14-44)18-26(31(46)47)40-19-33/h2-8,11-12,15-17,26,30,40H,9-10,13-14,18-19H2,1H3,(H,46,47)(H2,38,41,42)/t26?,30-/m1/s1. The number of carboxylic acid groups (broad SMARTS) is 1. The molecule has 2 fully saturated rings. The average molecular weight is 659 g/mol. The van der Waals surface area contributed by atoms with E-state index in [0.717, 1.165) is 16.5 Å². The van der Waals surface area contributed by atoms with Gasteiger partial charge in [-0.25, -0.2) is 4.68 Å². The first-order valence-corrected chi connectivity index (χ1v) is 15.6. The van der Waals surface area contributed by atoms with E-state index < -0.39 is 24.3 Å². The second kappa shape index (κ2) is 12.1. The largest absolute Gasteiger partial charge is 0.480 e. The van der Waals surface area contributed by atoms with Crippen LogP contribution in [0.4, 0.5) is 24.9 Å². The van der Waals surface area contributed by atoms with Gasteiger partial charge in [0.15, 0.2) is 0 Å². The molecule has 0 amide bonds. The SMILES string of the molecule is Cc1ccn(-c2cc(-c3ccc4ncccc4c3)ccc2[C@@H](Oc2cc(N3CCC4(CC3)CNC(C(=O)O)C4)nc(N)n2)C(F)(F)F)n1. The van der Waals surface area contributed by atoms with Gasteiger partial charge >= 0.3 is 12.1 Å². The van der Waals surface area contributed by atoms with Gasteiger partial charge in [-0.15, -0.1) is 0 Å². The van der Waals surface area contributed by atoms with Crippen molar-refractivity contribution in [1.82, 2.24) is 30.0 Å². The number of aromatic nitrogens is 5. The smallest absolute Gasteiger partial charge is 0.429 e. The maximum atomic E-state index is 14.9. The van der Waals surface area contributed by atoms with E-state index in [1.54, 1.807) is 37.5 Å². The molecule has 248 valence electrons. The fraction of sp³-hybridized carbons (Fsp3) is 0.324. The Morgan fingerprint density at radius 3 is 2.56 bits per heavy atom. The van der Waals surface area contributed by atoms with Crippen LogP contribution >= 0.6 is 0 Å². The van der Waals surface area contributed by atoms with E-state index in [4.69, 9.17) is 10.5 Å². The number of hydrogen-bond donors (Lipinski definition) is 3. The monoisotopic (exact) mass is 658 g/mol. The van der Waals surface area contributed by atoms with Crippen LogP contribution in [0.3, 0.4) is 0 Å². The lowest BCUT2D eigenvalue weighted by Crippen LogP contribution is -2.41. The van der Waals surface area contributed by atoms with Crippen molar-refractivity contribution in [3.8, 4) is 22.7 Å². The number of nitrogens with one attached hydrogen (secondary N) is 1. The zero-order valence-electron chi connectivity index (χ0n) is 26.0. The van der Waals surface area contributed by atoms with E-state index in [1.165, 1.54) is 16.8 Å². The van der Waals surface area contributed by atoms with Crippen LogP contribution in [-0.4, -0.2) is 67.7 Å². The number of aryl methyl sites for hydroxylation is 1.